The molecule has 0 spiro atoms. The minimum absolute atomic E-state index is 0.0222. The first-order valence-electron chi connectivity index (χ1n) is 16.7. The van der Waals surface area contributed by atoms with Crippen LogP contribution in [-0.4, -0.2) is 97.8 Å². The van der Waals surface area contributed by atoms with Gasteiger partial charge in [-0.2, -0.15) is 0 Å². The van der Waals surface area contributed by atoms with Crippen LogP contribution in [0.25, 0.3) is 0 Å². The molecule has 2 saturated heterocycles. The van der Waals surface area contributed by atoms with Gasteiger partial charge >= 0.3 is 0 Å². The summed E-state index contributed by atoms with van der Waals surface area (Å²) in [5, 5.41) is 0. The Labute approximate surface area is 281 Å². The van der Waals surface area contributed by atoms with Crippen molar-refractivity contribution >= 4 is 0 Å². The highest BCUT2D eigenvalue weighted by Gasteiger charge is 2.50. The maximum Gasteiger partial charge on any atom is 0.186 e. The number of benzene rings is 2. The highest BCUT2D eigenvalue weighted by molar-refractivity contribution is 5.27. The summed E-state index contributed by atoms with van der Waals surface area (Å²) >= 11 is 0. The number of ether oxygens (including phenoxy) is 10. The van der Waals surface area contributed by atoms with Crippen LogP contribution in [0.3, 0.4) is 0 Å². The predicted octanol–water partition coefficient (Wildman–Crippen LogP) is 5.97. The Bertz CT molecular complexity index is 1160. The molecular weight excluding hydrogens is 604 g/mol. The van der Waals surface area contributed by atoms with Crippen LogP contribution < -0.4 is 9.47 Å². The van der Waals surface area contributed by atoms with Gasteiger partial charge in [0.1, 0.15) is 29.8 Å². The Morgan fingerprint density at radius 2 is 1.43 bits per heavy atom. The van der Waals surface area contributed by atoms with Crippen molar-refractivity contribution in [3.8, 4) is 11.5 Å². The van der Waals surface area contributed by atoms with Crippen LogP contribution in [0.1, 0.15) is 57.6 Å². The Balaban J connectivity index is 1.44. The Morgan fingerprint density at radius 1 is 0.809 bits per heavy atom. The van der Waals surface area contributed by atoms with Crippen LogP contribution in [0.15, 0.2) is 48.5 Å². The molecule has 0 radical (unpaired) electrons. The van der Waals surface area contributed by atoms with E-state index in [1.165, 1.54) is 0 Å². The van der Waals surface area contributed by atoms with Gasteiger partial charge in [-0.15, -0.1) is 0 Å². The van der Waals surface area contributed by atoms with Crippen molar-refractivity contribution in [2.75, 3.05) is 48.8 Å². The lowest BCUT2D eigenvalue weighted by molar-refractivity contribution is -0.319. The highest BCUT2D eigenvalue weighted by atomic mass is 16.7. The van der Waals surface area contributed by atoms with E-state index in [2.05, 4.69) is 20.8 Å². The predicted molar refractivity (Wildman–Crippen MR) is 178 cm³/mol. The van der Waals surface area contributed by atoms with E-state index < -0.39 is 12.4 Å². The third-order valence-electron chi connectivity index (χ3n) is 9.60. The van der Waals surface area contributed by atoms with Gasteiger partial charge in [0.05, 0.1) is 58.5 Å². The van der Waals surface area contributed by atoms with Gasteiger partial charge in [0.15, 0.2) is 6.29 Å². The molecule has 0 amide bonds. The number of rotatable bonds is 18. The standard InChI is InChI=1S/C37H56O10/c1-9-27(44-23-26-12-16-29(39-5)17-13-26)20-30-21-33(47-36-35(42-8)34(41-7)31(40-6)24-45-36)37(2,3)32(46-30)18-19-43-22-25-10-14-28(38-4)15-11-25/h10-17,27,30-36H,9,18-24H2,1-8H3/t27-,30-,31-,32+,33+,34+,35-,36+/m1/s1. The first kappa shape index (κ1) is 37.5. The third-order valence-corrected chi connectivity index (χ3v) is 9.60. The molecule has 0 bridgehead atoms. The Morgan fingerprint density at radius 3 is 1.98 bits per heavy atom. The first-order chi connectivity index (χ1) is 22.8. The van der Waals surface area contributed by atoms with Crippen molar-refractivity contribution in [1.29, 1.82) is 0 Å². The summed E-state index contributed by atoms with van der Waals surface area (Å²) in [5.41, 5.74) is 1.86. The van der Waals surface area contributed by atoms with Crippen molar-refractivity contribution in [1.82, 2.24) is 0 Å². The van der Waals surface area contributed by atoms with E-state index in [9.17, 15) is 0 Å². The fourth-order valence-corrected chi connectivity index (χ4v) is 6.48. The minimum Gasteiger partial charge on any atom is -0.497 e. The first-order valence-corrected chi connectivity index (χ1v) is 16.7. The molecule has 0 N–H and O–H groups in total. The molecule has 8 atom stereocenters. The lowest BCUT2D eigenvalue weighted by Gasteiger charge is -2.50. The Kier molecular flexibility index (Phi) is 14.8. The van der Waals surface area contributed by atoms with Crippen molar-refractivity contribution in [2.45, 2.75) is 109 Å². The molecule has 0 aromatic heterocycles. The molecule has 47 heavy (non-hydrogen) atoms. The van der Waals surface area contributed by atoms with Crippen LogP contribution in [-0.2, 0) is 51.1 Å². The average molecular weight is 661 g/mol. The molecule has 2 aliphatic heterocycles. The fourth-order valence-electron chi connectivity index (χ4n) is 6.48. The third kappa shape index (κ3) is 10.1. The topological polar surface area (TPSA) is 92.3 Å². The van der Waals surface area contributed by atoms with E-state index in [-0.39, 0.29) is 42.0 Å². The maximum atomic E-state index is 6.86. The van der Waals surface area contributed by atoms with Crippen molar-refractivity contribution < 1.29 is 47.4 Å². The number of hydrogen-bond donors (Lipinski definition) is 0. The van der Waals surface area contributed by atoms with E-state index in [1.807, 2.05) is 48.5 Å². The normalized spacial score (nSPS) is 28.1. The molecule has 10 nitrogen and oxygen atoms in total. The van der Waals surface area contributed by atoms with Crippen LogP contribution in [0.5, 0.6) is 11.5 Å². The molecule has 0 aliphatic carbocycles. The van der Waals surface area contributed by atoms with Crippen molar-refractivity contribution in [3.05, 3.63) is 59.7 Å². The molecule has 4 rings (SSSR count). The van der Waals surface area contributed by atoms with Crippen LogP contribution in [0.4, 0.5) is 0 Å². The summed E-state index contributed by atoms with van der Waals surface area (Å²) in [6, 6.07) is 15.9. The second-order valence-corrected chi connectivity index (χ2v) is 12.9. The van der Waals surface area contributed by atoms with Crippen LogP contribution >= 0.6 is 0 Å². The summed E-state index contributed by atoms with van der Waals surface area (Å²) < 4.78 is 60.3. The largest absolute Gasteiger partial charge is 0.497 e. The van der Waals surface area contributed by atoms with Crippen molar-refractivity contribution in [2.24, 2.45) is 5.41 Å². The monoisotopic (exact) mass is 660 g/mol. The molecule has 0 unspecified atom stereocenters. The second kappa shape index (κ2) is 18.5. The molecule has 2 fully saturated rings. The smallest absolute Gasteiger partial charge is 0.186 e. The lowest BCUT2D eigenvalue weighted by Crippen LogP contribution is -2.59. The van der Waals surface area contributed by atoms with Crippen LogP contribution in [0, 0.1) is 5.41 Å². The molecule has 0 saturated carbocycles. The summed E-state index contributed by atoms with van der Waals surface area (Å²) in [5.74, 6) is 1.66. The maximum absolute atomic E-state index is 6.86. The zero-order valence-corrected chi connectivity index (χ0v) is 29.5. The molecule has 10 heteroatoms. The number of methoxy groups -OCH3 is 5. The van der Waals surface area contributed by atoms with Gasteiger partial charge in [0.2, 0.25) is 0 Å². The van der Waals surface area contributed by atoms with E-state index in [1.54, 1.807) is 35.5 Å². The SMILES string of the molecule is CC[C@H](C[C@@H]1C[C@H](O[C@@H]2OC[C@@H](OC)[C@H](OC)[C@H]2OC)C(C)(C)[C@H](CCOCc2ccc(OC)cc2)O1)OCc1ccc(OC)cc1. The zero-order chi connectivity index (χ0) is 33.8. The summed E-state index contributed by atoms with van der Waals surface area (Å²) in [7, 11) is 8.31. The van der Waals surface area contributed by atoms with E-state index in [0.29, 0.717) is 39.3 Å². The van der Waals surface area contributed by atoms with Crippen molar-refractivity contribution in [3.63, 3.8) is 0 Å². The highest BCUT2D eigenvalue weighted by Crippen LogP contribution is 2.43. The van der Waals surface area contributed by atoms with Gasteiger partial charge in [-0.1, -0.05) is 45.0 Å². The number of hydrogen-bond acceptors (Lipinski definition) is 10. The van der Waals surface area contributed by atoms with E-state index in [4.69, 9.17) is 47.4 Å². The van der Waals surface area contributed by atoms with Gasteiger partial charge in [0.25, 0.3) is 0 Å². The second-order valence-electron chi connectivity index (χ2n) is 12.9. The van der Waals surface area contributed by atoms with E-state index >= 15 is 0 Å². The summed E-state index contributed by atoms with van der Waals surface area (Å²) in [6.45, 7) is 8.50. The van der Waals surface area contributed by atoms with Gasteiger partial charge < -0.3 is 47.4 Å². The molecule has 2 aromatic rings. The van der Waals surface area contributed by atoms with Gasteiger partial charge in [-0.05, 0) is 54.7 Å². The molecule has 2 aliphatic rings. The lowest BCUT2D eigenvalue weighted by atomic mass is 9.74. The van der Waals surface area contributed by atoms with Gasteiger partial charge in [-0.3, -0.25) is 0 Å². The van der Waals surface area contributed by atoms with Gasteiger partial charge in [-0.25, -0.2) is 0 Å². The Hall–Kier alpha value is -2.28. The van der Waals surface area contributed by atoms with Crippen LogP contribution in [0.2, 0.25) is 0 Å². The van der Waals surface area contributed by atoms with E-state index in [0.717, 1.165) is 35.5 Å². The summed E-state index contributed by atoms with van der Waals surface area (Å²) in [6.07, 6.45) is 1.06. The van der Waals surface area contributed by atoms with Gasteiger partial charge in [0, 0.05) is 39.8 Å². The quantitative estimate of drug-likeness (QED) is 0.178. The zero-order valence-electron chi connectivity index (χ0n) is 29.5. The average Bonchev–Trinajstić information content (AvgIpc) is 3.10. The minimum atomic E-state index is -0.611. The fraction of sp³-hybridized carbons (Fsp3) is 0.676. The molecule has 2 aromatic carbocycles. The summed E-state index contributed by atoms with van der Waals surface area (Å²) in [4.78, 5) is 0. The molecule has 2 heterocycles. The molecule has 264 valence electrons. The molecular formula is C37H56O10.